The van der Waals surface area contributed by atoms with E-state index >= 15 is 0 Å². The molecule has 0 aliphatic heterocycles. The van der Waals surface area contributed by atoms with Crippen LogP contribution in [0.5, 0.6) is 0 Å². The number of carboxylic acid groups (broad SMARTS) is 1. The molecule has 0 heterocycles. The topological polar surface area (TPSA) is 49.3 Å². The van der Waals surface area contributed by atoms with Crippen molar-refractivity contribution >= 4 is 5.97 Å². The highest BCUT2D eigenvalue weighted by molar-refractivity contribution is 5.73. The molecule has 0 unspecified atom stereocenters. The lowest BCUT2D eigenvalue weighted by Gasteiger charge is -2.14. The molecule has 19 heavy (non-hydrogen) atoms. The van der Waals surface area contributed by atoms with E-state index in [1.54, 1.807) is 0 Å². The van der Waals surface area contributed by atoms with Crippen LogP contribution in [0.1, 0.15) is 56.1 Å². The summed E-state index contributed by atoms with van der Waals surface area (Å²) in [6.07, 6.45) is 5.31. The zero-order valence-corrected chi connectivity index (χ0v) is 11.6. The van der Waals surface area contributed by atoms with Gasteiger partial charge in [0, 0.05) is 6.54 Å². The summed E-state index contributed by atoms with van der Waals surface area (Å²) in [5.74, 6) is 0.0291. The predicted molar refractivity (Wildman–Crippen MR) is 76.2 cm³/mol. The first-order chi connectivity index (χ1) is 9.20. The number of aliphatic carboxylic acids is 1. The molecular weight excluding hydrogens is 238 g/mol. The molecule has 0 radical (unpaired) electrons. The first kappa shape index (κ1) is 14.1. The standard InChI is InChI=1S/C16H23NO2/c1-2-3-4-15(16(18)19)17-11-12-5-7-13(8-6-12)14-9-10-14/h5-8,14-15,17H,2-4,9-11H2,1H3,(H,18,19)/t15-/m0/s1. The lowest BCUT2D eigenvalue weighted by molar-refractivity contribution is -0.139. The average molecular weight is 261 g/mol. The quantitative estimate of drug-likeness (QED) is 0.755. The molecule has 2 N–H and O–H groups in total. The van der Waals surface area contributed by atoms with Crippen molar-refractivity contribution in [1.29, 1.82) is 0 Å². The van der Waals surface area contributed by atoms with Crippen molar-refractivity contribution in [2.75, 3.05) is 0 Å². The average Bonchev–Trinajstić information content (AvgIpc) is 3.23. The number of benzene rings is 1. The molecular formula is C16H23NO2. The molecule has 1 aromatic carbocycles. The van der Waals surface area contributed by atoms with E-state index in [-0.39, 0.29) is 0 Å². The zero-order valence-electron chi connectivity index (χ0n) is 11.6. The summed E-state index contributed by atoms with van der Waals surface area (Å²) in [6.45, 7) is 2.71. The Hall–Kier alpha value is -1.35. The van der Waals surface area contributed by atoms with Crippen molar-refractivity contribution in [2.45, 2.75) is 57.5 Å². The highest BCUT2D eigenvalue weighted by Crippen LogP contribution is 2.39. The Balaban J connectivity index is 1.83. The summed E-state index contributed by atoms with van der Waals surface area (Å²) < 4.78 is 0. The van der Waals surface area contributed by atoms with Crippen molar-refractivity contribution in [3.05, 3.63) is 35.4 Å². The van der Waals surface area contributed by atoms with Gasteiger partial charge in [-0.1, -0.05) is 44.0 Å². The molecule has 1 aromatic rings. The van der Waals surface area contributed by atoms with Gasteiger partial charge in [0.15, 0.2) is 0 Å². The lowest BCUT2D eigenvalue weighted by atomic mass is 10.1. The second-order valence-electron chi connectivity index (χ2n) is 5.43. The molecule has 0 aromatic heterocycles. The molecule has 104 valence electrons. The van der Waals surface area contributed by atoms with Crippen LogP contribution < -0.4 is 5.32 Å². The SMILES string of the molecule is CCCC[C@H](NCc1ccc(C2CC2)cc1)C(=O)O. The van der Waals surface area contributed by atoms with Crippen LogP contribution in [0.2, 0.25) is 0 Å². The molecule has 3 heteroatoms. The van der Waals surface area contributed by atoms with Gasteiger partial charge in [0.05, 0.1) is 0 Å². The minimum atomic E-state index is -0.747. The Bertz CT molecular complexity index is 409. The largest absolute Gasteiger partial charge is 0.480 e. The molecule has 0 saturated heterocycles. The first-order valence-electron chi connectivity index (χ1n) is 7.25. The lowest BCUT2D eigenvalue weighted by Crippen LogP contribution is -2.36. The highest BCUT2D eigenvalue weighted by atomic mass is 16.4. The van der Waals surface area contributed by atoms with Crippen LogP contribution in [0.15, 0.2) is 24.3 Å². The maximum absolute atomic E-state index is 11.1. The third-order valence-electron chi connectivity index (χ3n) is 3.73. The van der Waals surface area contributed by atoms with E-state index < -0.39 is 12.0 Å². The van der Waals surface area contributed by atoms with Gasteiger partial charge < -0.3 is 10.4 Å². The Morgan fingerprint density at radius 1 is 1.37 bits per heavy atom. The smallest absolute Gasteiger partial charge is 0.320 e. The van der Waals surface area contributed by atoms with Crippen LogP contribution >= 0.6 is 0 Å². The van der Waals surface area contributed by atoms with Crippen LogP contribution in [0, 0.1) is 0 Å². The maximum atomic E-state index is 11.1. The van der Waals surface area contributed by atoms with Crippen molar-refractivity contribution in [3.63, 3.8) is 0 Å². The van der Waals surface area contributed by atoms with Crippen molar-refractivity contribution < 1.29 is 9.90 Å². The van der Waals surface area contributed by atoms with Crippen LogP contribution in [0.3, 0.4) is 0 Å². The van der Waals surface area contributed by atoms with Crippen LogP contribution in [0.4, 0.5) is 0 Å². The van der Waals surface area contributed by atoms with Gasteiger partial charge in [0.25, 0.3) is 0 Å². The Kier molecular flexibility index (Phi) is 4.97. The normalized spacial score (nSPS) is 16.3. The Labute approximate surface area is 115 Å². The summed E-state index contributed by atoms with van der Waals surface area (Å²) in [4.78, 5) is 11.1. The van der Waals surface area contributed by atoms with Gasteiger partial charge in [0.2, 0.25) is 0 Å². The van der Waals surface area contributed by atoms with Gasteiger partial charge in [-0.25, -0.2) is 0 Å². The van der Waals surface area contributed by atoms with E-state index in [4.69, 9.17) is 5.11 Å². The fourth-order valence-electron chi connectivity index (χ4n) is 2.29. The van der Waals surface area contributed by atoms with Crippen molar-refractivity contribution in [1.82, 2.24) is 5.32 Å². The van der Waals surface area contributed by atoms with E-state index in [1.165, 1.54) is 18.4 Å². The summed E-state index contributed by atoms with van der Waals surface area (Å²) >= 11 is 0. The molecule has 1 aliphatic carbocycles. The molecule has 1 aliphatic rings. The summed E-state index contributed by atoms with van der Waals surface area (Å²) in [7, 11) is 0. The number of hydrogen-bond acceptors (Lipinski definition) is 2. The fourth-order valence-corrected chi connectivity index (χ4v) is 2.29. The van der Waals surface area contributed by atoms with E-state index in [9.17, 15) is 4.79 Å². The van der Waals surface area contributed by atoms with E-state index in [0.717, 1.165) is 24.3 Å². The van der Waals surface area contributed by atoms with Gasteiger partial charge in [0.1, 0.15) is 6.04 Å². The van der Waals surface area contributed by atoms with Gasteiger partial charge >= 0.3 is 5.97 Å². The van der Waals surface area contributed by atoms with Crippen LogP contribution in [-0.4, -0.2) is 17.1 Å². The molecule has 0 spiro atoms. The third-order valence-corrected chi connectivity index (χ3v) is 3.73. The summed E-state index contributed by atoms with van der Waals surface area (Å²) in [6, 6.07) is 8.15. The molecule has 0 amide bonds. The number of hydrogen-bond donors (Lipinski definition) is 2. The summed E-state index contributed by atoms with van der Waals surface area (Å²) in [5.41, 5.74) is 2.58. The minimum absolute atomic E-state index is 0.428. The molecule has 1 saturated carbocycles. The van der Waals surface area contributed by atoms with Gasteiger partial charge in [-0.05, 0) is 36.3 Å². The van der Waals surface area contributed by atoms with E-state index in [2.05, 4.69) is 36.5 Å². The number of nitrogens with one attached hydrogen (secondary N) is 1. The fraction of sp³-hybridized carbons (Fsp3) is 0.562. The van der Waals surface area contributed by atoms with Crippen molar-refractivity contribution in [2.24, 2.45) is 0 Å². The Morgan fingerprint density at radius 3 is 2.58 bits per heavy atom. The number of unbranched alkanes of at least 4 members (excludes halogenated alkanes) is 1. The van der Waals surface area contributed by atoms with E-state index in [0.29, 0.717) is 13.0 Å². The zero-order chi connectivity index (χ0) is 13.7. The predicted octanol–water partition coefficient (Wildman–Crippen LogP) is 3.30. The first-order valence-corrected chi connectivity index (χ1v) is 7.25. The second kappa shape index (κ2) is 6.71. The number of carbonyl (C=O) groups is 1. The highest BCUT2D eigenvalue weighted by Gasteiger charge is 2.23. The monoisotopic (exact) mass is 261 g/mol. The van der Waals surface area contributed by atoms with Gasteiger partial charge in [-0.2, -0.15) is 0 Å². The summed E-state index contributed by atoms with van der Waals surface area (Å²) in [5, 5.41) is 12.3. The van der Waals surface area contributed by atoms with Crippen LogP contribution in [-0.2, 0) is 11.3 Å². The third kappa shape index (κ3) is 4.35. The number of rotatable bonds is 8. The maximum Gasteiger partial charge on any atom is 0.320 e. The second-order valence-corrected chi connectivity index (χ2v) is 5.43. The van der Waals surface area contributed by atoms with Crippen LogP contribution in [0.25, 0.3) is 0 Å². The molecule has 3 nitrogen and oxygen atoms in total. The molecule has 0 bridgehead atoms. The molecule has 1 fully saturated rings. The van der Waals surface area contributed by atoms with Gasteiger partial charge in [-0.3, -0.25) is 4.79 Å². The molecule has 2 rings (SSSR count). The Morgan fingerprint density at radius 2 is 2.05 bits per heavy atom. The minimum Gasteiger partial charge on any atom is -0.480 e. The van der Waals surface area contributed by atoms with Gasteiger partial charge in [-0.15, -0.1) is 0 Å². The van der Waals surface area contributed by atoms with E-state index in [1.807, 2.05) is 0 Å². The van der Waals surface area contributed by atoms with Crippen molar-refractivity contribution in [3.8, 4) is 0 Å². The molecule has 1 atom stereocenters. The number of carboxylic acids is 1.